The molecule has 0 radical (unpaired) electrons. The SMILES string of the molecule is CO/N=C(\CO)c1ccc(-c2ccc(OC#CI(F)F)cc2)cc1. The zero-order valence-corrected chi connectivity index (χ0v) is 14.8. The van der Waals surface area contributed by atoms with Crippen molar-refractivity contribution in [3.05, 3.63) is 54.1 Å². The van der Waals surface area contributed by atoms with Gasteiger partial charge in [-0.3, -0.25) is 0 Å². The van der Waals surface area contributed by atoms with Crippen LogP contribution in [0.1, 0.15) is 5.56 Å². The molecule has 0 bridgehead atoms. The summed E-state index contributed by atoms with van der Waals surface area (Å²) in [5, 5.41) is 13.0. The third-order valence-corrected chi connectivity index (χ3v) is 3.66. The fraction of sp³-hybridized carbons (Fsp3) is 0.118. The van der Waals surface area contributed by atoms with Crippen molar-refractivity contribution < 1.29 is 20.4 Å². The Bertz CT molecular complexity index is 750. The molecule has 0 heterocycles. The van der Waals surface area contributed by atoms with Gasteiger partial charge >= 0.3 is 118 Å². The van der Waals surface area contributed by atoms with Crippen molar-refractivity contribution in [1.82, 2.24) is 0 Å². The van der Waals surface area contributed by atoms with Crippen LogP contribution in [0.2, 0.25) is 0 Å². The standard InChI is InChI=1S/C17H14F2INO3/c1-23-21-17(12-22)15-4-2-13(3-5-15)14-6-8-16(9-7-14)24-11-10-20(18)19/h2-9,22H,12H2,1H3/b21-17+. The Hall–Kier alpha value is -2.18. The molecular weight excluding hydrogens is 431 g/mol. The molecule has 0 aliphatic carbocycles. The summed E-state index contributed by atoms with van der Waals surface area (Å²) in [5.41, 5.74) is 3.08. The van der Waals surface area contributed by atoms with Crippen molar-refractivity contribution in [1.29, 1.82) is 0 Å². The molecule has 0 aromatic heterocycles. The molecule has 1 N–H and O–H groups in total. The van der Waals surface area contributed by atoms with Gasteiger partial charge in [-0.2, -0.15) is 0 Å². The van der Waals surface area contributed by atoms with Crippen LogP contribution < -0.4 is 4.74 Å². The average molecular weight is 445 g/mol. The first-order valence-electron chi connectivity index (χ1n) is 6.76. The van der Waals surface area contributed by atoms with Crippen LogP contribution in [0.4, 0.5) is 5.72 Å². The molecule has 0 amide bonds. The van der Waals surface area contributed by atoms with E-state index in [1.54, 1.807) is 16.1 Å². The minimum absolute atomic E-state index is 0.220. The summed E-state index contributed by atoms with van der Waals surface area (Å²) in [6, 6.07) is 14.4. The normalized spacial score (nSPS) is 11.3. The fourth-order valence-electron chi connectivity index (χ4n) is 1.96. The summed E-state index contributed by atoms with van der Waals surface area (Å²) in [6.45, 7) is -0.220. The molecule has 24 heavy (non-hydrogen) atoms. The first kappa shape index (κ1) is 18.2. The number of benzene rings is 2. The van der Waals surface area contributed by atoms with Gasteiger partial charge in [0.1, 0.15) is 7.11 Å². The van der Waals surface area contributed by atoms with E-state index in [2.05, 4.69) is 9.99 Å². The van der Waals surface area contributed by atoms with E-state index >= 15 is 0 Å². The van der Waals surface area contributed by atoms with Crippen LogP contribution in [0.5, 0.6) is 5.75 Å². The van der Waals surface area contributed by atoms with E-state index in [9.17, 15) is 10.8 Å². The molecule has 2 rings (SSSR count). The van der Waals surface area contributed by atoms with Crippen LogP contribution in [0, 0.1) is 10.0 Å². The molecule has 4 nitrogen and oxygen atoms in total. The number of halogens is 3. The van der Waals surface area contributed by atoms with Crippen molar-refractivity contribution in [3.63, 3.8) is 0 Å². The first-order valence-corrected chi connectivity index (χ1v) is 9.47. The molecule has 0 unspecified atom stereocenters. The summed E-state index contributed by atoms with van der Waals surface area (Å²) in [5.74, 6) is 0.412. The van der Waals surface area contributed by atoms with Crippen LogP contribution in [-0.2, 0) is 4.84 Å². The van der Waals surface area contributed by atoms with Gasteiger partial charge in [-0.1, -0.05) is 5.16 Å². The van der Waals surface area contributed by atoms with Gasteiger partial charge in [-0.05, 0) is 0 Å². The van der Waals surface area contributed by atoms with E-state index in [1.807, 2.05) is 42.5 Å². The number of ether oxygens (including phenoxy) is 1. The number of rotatable bonds is 5. The molecule has 0 aliphatic rings. The van der Waals surface area contributed by atoms with Gasteiger partial charge in [0.15, 0.2) is 0 Å². The van der Waals surface area contributed by atoms with Crippen molar-refractivity contribution >= 4 is 26.7 Å². The predicted molar refractivity (Wildman–Crippen MR) is 97.1 cm³/mol. The van der Waals surface area contributed by atoms with E-state index in [0.29, 0.717) is 11.5 Å². The summed E-state index contributed by atoms with van der Waals surface area (Å²) in [6.07, 6.45) is 2.02. The van der Waals surface area contributed by atoms with Crippen LogP contribution in [0.25, 0.3) is 11.1 Å². The molecule has 0 fully saturated rings. The third kappa shape index (κ3) is 5.18. The van der Waals surface area contributed by atoms with Gasteiger partial charge < -0.3 is 9.94 Å². The molecule has 7 heteroatoms. The van der Waals surface area contributed by atoms with E-state index in [1.165, 1.54) is 7.11 Å². The zero-order chi connectivity index (χ0) is 17.4. The maximum absolute atomic E-state index is 12.1. The second-order valence-electron chi connectivity index (χ2n) is 4.48. The maximum atomic E-state index is 12.1. The summed E-state index contributed by atoms with van der Waals surface area (Å²) >= 11 is -4.07. The Morgan fingerprint density at radius 3 is 2.17 bits per heavy atom. The second kappa shape index (κ2) is 9.20. The molecule has 0 atom stereocenters. The van der Waals surface area contributed by atoms with Gasteiger partial charge in [-0.25, -0.2) is 0 Å². The Morgan fingerprint density at radius 2 is 1.67 bits per heavy atom. The monoisotopic (exact) mass is 445 g/mol. The quantitative estimate of drug-likeness (QED) is 0.324. The molecule has 0 saturated carbocycles. The van der Waals surface area contributed by atoms with Crippen LogP contribution in [-0.4, -0.2) is 24.5 Å². The first-order chi connectivity index (χ1) is 11.6. The Morgan fingerprint density at radius 1 is 1.08 bits per heavy atom. The molecule has 0 saturated heterocycles. The van der Waals surface area contributed by atoms with Gasteiger partial charge in [-0.15, -0.1) is 0 Å². The number of hydrogen-bond donors (Lipinski definition) is 1. The molecule has 126 valence electrons. The third-order valence-electron chi connectivity index (χ3n) is 3.04. The van der Waals surface area contributed by atoms with E-state index < -0.39 is 21.0 Å². The molecular formula is C17H14F2INO3. The Labute approximate surface area is 147 Å². The van der Waals surface area contributed by atoms with Gasteiger partial charge in [0.05, 0.1) is 6.61 Å². The molecule has 0 aliphatic heterocycles. The number of aliphatic hydroxyl groups excluding tert-OH is 1. The minimum atomic E-state index is -4.07. The Balaban J connectivity index is 2.12. The van der Waals surface area contributed by atoms with E-state index in [4.69, 9.17) is 4.74 Å². The number of oxime groups is 1. The fourth-order valence-corrected chi connectivity index (χ4v) is 2.24. The van der Waals surface area contributed by atoms with E-state index in [-0.39, 0.29) is 6.61 Å². The summed E-state index contributed by atoms with van der Waals surface area (Å²) < 4.78 is 30.8. The van der Waals surface area contributed by atoms with Crippen LogP contribution in [0.15, 0.2) is 53.7 Å². The van der Waals surface area contributed by atoms with Gasteiger partial charge in [0.25, 0.3) is 0 Å². The topological polar surface area (TPSA) is 51.0 Å². The predicted octanol–water partition coefficient (Wildman–Crippen LogP) is 4.27. The Kier molecular flexibility index (Phi) is 6.96. The van der Waals surface area contributed by atoms with Crippen LogP contribution in [0.3, 0.4) is 0 Å². The van der Waals surface area contributed by atoms with Crippen molar-refractivity contribution in [2.75, 3.05) is 13.7 Å². The van der Waals surface area contributed by atoms with E-state index in [0.717, 1.165) is 16.7 Å². The van der Waals surface area contributed by atoms with Gasteiger partial charge in [0, 0.05) is 0 Å². The average Bonchev–Trinajstić information content (AvgIpc) is 2.60. The van der Waals surface area contributed by atoms with Crippen molar-refractivity contribution in [2.24, 2.45) is 5.16 Å². The number of aliphatic hydroxyl groups is 1. The molecule has 2 aromatic rings. The number of nitrogens with zero attached hydrogens (tertiary/aromatic N) is 1. The van der Waals surface area contributed by atoms with Crippen molar-refractivity contribution in [3.8, 4) is 26.9 Å². The number of hydrogen-bond acceptors (Lipinski definition) is 4. The second-order valence-corrected chi connectivity index (χ2v) is 6.14. The van der Waals surface area contributed by atoms with Crippen LogP contribution >= 0.6 is 21.0 Å². The van der Waals surface area contributed by atoms with Crippen molar-refractivity contribution in [2.45, 2.75) is 0 Å². The molecule has 0 spiro atoms. The summed E-state index contributed by atoms with van der Waals surface area (Å²) in [4.78, 5) is 4.68. The summed E-state index contributed by atoms with van der Waals surface area (Å²) in [7, 11) is 1.42. The molecule has 2 aromatic carbocycles. The van der Waals surface area contributed by atoms with Gasteiger partial charge in [0.2, 0.25) is 0 Å². The zero-order valence-electron chi connectivity index (χ0n) is 12.7.